The Hall–Kier alpha value is -3.68. The second-order valence-corrected chi connectivity index (χ2v) is 6.76. The van der Waals surface area contributed by atoms with E-state index in [1.807, 2.05) is 0 Å². The van der Waals surface area contributed by atoms with Gasteiger partial charge in [0.25, 0.3) is 5.91 Å². The van der Waals surface area contributed by atoms with Crippen molar-refractivity contribution < 1.29 is 27.2 Å². The zero-order valence-corrected chi connectivity index (χ0v) is 15.3. The van der Waals surface area contributed by atoms with E-state index in [1.165, 1.54) is 18.2 Å². The van der Waals surface area contributed by atoms with Crippen LogP contribution in [0, 0.1) is 23.3 Å². The molecule has 8 heteroatoms. The first kappa shape index (κ1) is 19.6. The van der Waals surface area contributed by atoms with E-state index in [-0.39, 0.29) is 11.3 Å². The van der Waals surface area contributed by atoms with Crippen LogP contribution < -0.4 is 5.32 Å². The van der Waals surface area contributed by atoms with Gasteiger partial charge >= 0.3 is 0 Å². The fourth-order valence-electron chi connectivity index (χ4n) is 3.52. The summed E-state index contributed by atoms with van der Waals surface area (Å²) in [6.07, 6.45) is 0. The van der Waals surface area contributed by atoms with Crippen LogP contribution in [0.15, 0.2) is 60.7 Å². The first-order valence-electron chi connectivity index (χ1n) is 8.95. The average Bonchev–Trinajstić information content (AvgIpc) is 2.84. The molecule has 0 unspecified atom stereocenters. The van der Waals surface area contributed by atoms with Crippen LogP contribution in [0.5, 0.6) is 0 Å². The van der Waals surface area contributed by atoms with Crippen LogP contribution in [0.25, 0.3) is 0 Å². The molecule has 1 aliphatic rings. The van der Waals surface area contributed by atoms with Gasteiger partial charge in [0.1, 0.15) is 35.4 Å². The molecular weight excluding hydrogens is 400 g/mol. The van der Waals surface area contributed by atoms with Gasteiger partial charge in [0, 0.05) is 11.3 Å². The zero-order valence-electron chi connectivity index (χ0n) is 15.3. The highest BCUT2D eigenvalue weighted by molar-refractivity contribution is 6.01. The summed E-state index contributed by atoms with van der Waals surface area (Å²) in [4.78, 5) is 26.6. The number of carbonyl (C=O) groups is 2. The van der Waals surface area contributed by atoms with E-state index < -0.39 is 53.2 Å². The molecule has 0 bridgehead atoms. The molecule has 0 radical (unpaired) electrons. The number of halogens is 4. The Morgan fingerprint density at radius 1 is 0.900 bits per heavy atom. The van der Waals surface area contributed by atoms with Crippen molar-refractivity contribution in [1.82, 2.24) is 4.90 Å². The lowest BCUT2D eigenvalue weighted by molar-refractivity contribution is -0.117. The predicted molar refractivity (Wildman–Crippen MR) is 101 cm³/mol. The highest BCUT2D eigenvalue weighted by Gasteiger charge is 2.36. The van der Waals surface area contributed by atoms with Gasteiger partial charge in [-0.25, -0.2) is 17.6 Å². The molecule has 3 aromatic carbocycles. The van der Waals surface area contributed by atoms with E-state index in [0.29, 0.717) is 5.56 Å². The van der Waals surface area contributed by atoms with Crippen LogP contribution in [0.2, 0.25) is 0 Å². The normalized spacial score (nSPS) is 15.9. The van der Waals surface area contributed by atoms with Gasteiger partial charge < -0.3 is 10.2 Å². The van der Waals surface area contributed by atoms with Gasteiger partial charge in [-0.2, -0.15) is 0 Å². The number of benzene rings is 3. The minimum absolute atomic E-state index is 0.192. The molecule has 1 atom stereocenters. The summed E-state index contributed by atoms with van der Waals surface area (Å²) in [5.41, 5.74) is -0.0697. The van der Waals surface area contributed by atoms with Gasteiger partial charge in [-0.3, -0.25) is 9.59 Å². The molecule has 4 rings (SSSR count). The summed E-state index contributed by atoms with van der Waals surface area (Å²) in [5, 5.41) is 2.57. The lowest BCUT2D eigenvalue weighted by Gasteiger charge is -2.30. The van der Waals surface area contributed by atoms with Crippen LogP contribution in [0.4, 0.5) is 23.2 Å². The SMILES string of the molecule is O=C1CN(C(=O)c2c(F)cccc2F)[C@@H](c2ccc(F)cc2)c2cc(F)ccc2N1. The van der Waals surface area contributed by atoms with E-state index in [9.17, 15) is 27.2 Å². The molecule has 0 saturated heterocycles. The van der Waals surface area contributed by atoms with Gasteiger partial charge in [-0.05, 0) is 48.0 Å². The third kappa shape index (κ3) is 3.52. The van der Waals surface area contributed by atoms with E-state index in [1.54, 1.807) is 0 Å². The van der Waals surface area contributed by atoms with Gasteiger partial charge in [0.2, 0.25) is 5.91 Å². The fourth-order valence-corrected chi connectivity index (χ4v) is 3.52. The van der Waals surface area contributed by atoms with Crippen molar-refractivity contribution in [3.8, 4) is 0 Å². The third-order valence-corrected chi connectivity index (χ3v) is 4.83. The van der Waals surface area contributed by atoms with Crippen molar-refractivity contribution in [3.63, 3.8) is 0 Å². The summed E-state index contributed by atoms with van der Waals surface area (Å²) in [6.45, 7) is -0.551. The molecule has 1 heterocycles. The maximum atomic E-state index is 14.3. The van der Waals surface area contributed by atoms with Crippen LogP contribution >= 0.6 is 0 Å². The predicted octanol–water partition coefficient (Wildman–Crippen LogP) is 4.43. The van der Waals surface area contributed by atoms with Crippen molar-refractivity contribution in [1.29, 1.82) is 0 Å². The lowest BCUT2D eigenvalue weighted by Crippen LogP contribution is -2.39. The Balaban J connectivity index is 1.93. The average molecular weight is 414 g/mol. The second-order valence-electron chi connectivity index (χ2n) is 6.76. The van der Waals surface area contributed by atoms with Crippen LogP contribution in [0.1, 0.15) is 27.5 Å². The number of fused-ring (bicyclic) bond motifs is 1. The van der Waals surface area contributed by atoms with Crippen LogP contribution in [-0.2, 0) is 4.79 Å². The molecule has 3 aromatic rings. The van der Waals surface area contributed by atoms with Gasteiger partial charge in [-0.1, -0.05) is 18.2 Å². The molecule has 1 aliphatic heterocycles. The largest absolute Gasteiger partial charge is 0.324 e. The molecule has 0 spiro atoms. The highest BCUT2D eigenvalue weighted by atomic mass is 19.1. The first-order chi connectivity index (χ1) is 14.3. The highest BCUT2D eigenvalue weighted by Crippen LogP contribution is 2.37. The number of nitrogens with one attached hydrogen (secondary N) is 1. The third-order valence-electron chi connectivity index (χ3n) is 4.83. The Labute approximate surface area is 168 Å². The number of nitrogens with zero attached hydrogens (tertiary/aromatic N) is 1. The maximum Gasteiger partial charge on any atom is 0.261 e. The number of hydrogen-bond acceptors (Lipinski definition) is 2. The van der Waals surface area contributed by atoms with Gasteiger partial charge in [0.15, 0.2) is 0 Å². The first-order valence-corrected chi connectivity index (χ1v) is 8.95. The number of carbonyl (C=O) groups excluding carboxylic acids is 2. The van der Waals surface area contributed by atoms with Crippen molar-refractivity contribution in [2.24, 2.45) is 0 Å². The minimum atomic E-state index is -1.10. The Kier molecular flexibility index (Phi) is 4.99. The molecule has 0 aliphatic carbocycles. The van der Waals surface area contributed by atoms with Crippen molar-refractivity contribution in [2.75, 3.05) is 11.9 Å². The van der Waals surface area contributed by atoms with Crippen LogP contribution in [0.3, 0.4) is 0 Å². The number of anilines is 1. The summed E-state index contributed by atoms with van der Waals surface area (Å²) >= 11 is 0. The van der Waals surface area contributed by atoms with Crippen molar-refractivity contribution in [2.45, 2.75) is 6.04 Å². The lowest BCUT2D eigenvalue weighted by atomic mass is 9.95. The molecule has 152 valence electrons. The summed E-state index contributed by atoms with van der Waals surface area (Å²) in [7, 11) is 0. The molecule has 0 saturated carbocycles. The summed E-state index contributed by atoms with van der Waals surface area (Å²) in [5.74, 6) is -5.09. The Bertz CT molecular complexity index is 1130. The Morgan fingerprint density at radius 3 is 2.20 bits per heavy atom. The monoisotopic (exact) mass is 414 g/mol. The van der Waals surface area contributed by atoms with Crippen LogP contribution in [-0.4, -0.2) is 23.3 Å². The van der Waals surface area contributed by atoms with E-state index >= 15 is 0 Å². The topological polar surface area (TPSA) is 49.4 Å². The molecule has 0 aromatic heterocycles. The zero-order chi connectivity index (χ0) is 21.4. The summed E-state index contributed by atoms with van der Waals surface area (Å²) in [6, 6.07) is 10.5. The fraction of sp³-hybridized carbons (Fsp3) is 0.0909. The molecule has 4 nitrogen and oxygen atoms in total. The standard InChI is InChI=1S/C22H14F4N2O2/c23-13-6-4-12(5-7-13)21-15-10-14(24)8-9-18(15)27-19(29)11-28(21)22(30)20-16(25)2-1-3-17(20)26/h1-10,21H,11H2,(H,27,29)/t21-/m0/s1. The van der Waals surface area contributed by atoms with E-state index in [0.717, 1.165) is 47.4 Å². The number of rotatable bonds is 2. The molecular formula is C22H14F4N2O2. The Morgan fingerprint density at radius 2 is 1.53 bits per heavy atom. The van der Waals surface area contributed by atoms with Gasteiger partial charge in [-0.15, -0.1) is 0 Å². The van der Waals surface area contributed by atoms with E-state index in [2.05, 4.69) is 5.32 Å². The van der Waals surface area contributed by atoms with Crippen molar-refractivity contribution in [3.05, 3.63) is 101 Å². The molecule has 2 amide bonds. The van der Waals surface area contributed by atoms with Crippen molar-refractivity contribution >= 4 is 17.5 Å². The van der Waals surface area contributed by atoms with E-state index in [4.69, 9.17) is 0 Å². The molecule has 1 N–H and O–H groups in total. The quantitative estimate of drug-likeness (QED) is 0.631. The smallest absolute Gasteiger partial charge is 0.261 e. The molecule has 30 heavy (non-hydrogen) atoms. The summed E-state index contributed by atoms with van der Waals surface area (Å²) < 4.78 is 56.1. The number of hydrogen-bond donors (Lipinski definition) is 1. The second kappa shape index (κ2) is 7.62. The maximum absolute atomic E-state index is 14.3. The van der Waals surface area contributed by atoms with Gasteiger partial charge in [0.05, 0.1) is 6.04 Å². The molecule has 0 fully saturated rings. The number of amides is 2. The minimum Gasteiger partial charge on any atom is -0.324 e.